The van der Waals surface area contributed by atoms with E-state index in [9.17, 15) is 9.59 Å². The van der Waals surface area contributed by atoms with Gasteiger partial charge in [0, 0.05) is 21.3 Å². The Balaban J connectivity index is 1.46. The fourth-order valence-corrected chi connectivity index (χ4v) is 5.51. The molecule has 1 aliphatic carbocycles. The van der Waals surface area contributed by atoms with E-state index in [4.69, 9.17) is 32.7 Å². The lowest BCUT2D eigenvalue weighted by atomic mass is 9.77. The van der Waals surface area contributed by atoms with Crippen molar-refractivity contribution in [2.45, 2.75) is 25.3 Å². The lowest BCUT2D eigenvalue weighted by Gasteiger charge is -2.29. The van der Waals surface area contributed by atoms with E-state index in [0.717, 1.165) is 41.7 Å². The topological polar surface area (TPSA) is 62.9 Å². The minimum atomic E-state index is -0.675. The molecule has 5 nitrogen and oxygen atoms in total. The van der Waals surface area contributed by atoms with Crippen molar-refractivity contribution in [2.75, 3.05) is 0 Å². The van der Waals surface area contributed by atoms with Gasteiger partial charge < -0.3 is 4.42 Å². The SMILES string of the molecule is O=C(c1cc2ccccc2oc1=O)N1N=C2C(=Cc3ccc(Cl)cc3)CCCC2C1c1ccc(Cl)cc1. The standard InChI is InChI=1S/C30H22Cl2N2O3/c31-22-12-8-18(9-13-22)16-21-5-3-6-24-27(21)33-34(28(24)19-10-14-23(32)15-11-19)29(35)25-17-20-4-1-2-7-26(20)37-30(25)36/h1-2,4,7-17,24,28H,3,5-6H2. The number of hydrogen-bond donors (Lipinski definition) is 0. The van der Waals surface area contributed by atoms with E-state index in [2.05, 4.69) is 6.08 Å². The van der Waals surface area contributed by atoms with Crippen LogP contribution in [-0.2, 0) is 0 Å². The average Bonchev–Trinajstić information content (AvgIpc) is 3.30. The Bertz CT molecular complexity index is 1620. The molecule has 2 unspecified atom stereocenters. The largest absolute Gasteiger partial charge is 0.422 e. The summed E-state index contributed by atoms with van der Waals surface area (Å²) in [5, 5.41) is 8.31. The van der Waals surface area contributed by atoms with Crippen molar-refractivity contribution in [2.24, 2.45) is 11.0 Å². The van der Waals surface area contributed by atoms with Crippen LogP contribution in [0.2, 0.25) is 10.0 Å². The molecule has 6 rings (SSSR count). The first-order valence-corrected chi connectivity index (χ1v) is 12.9. The first kappa shape index (κ1) is 23.7. The fourth-order valence-electron chi connectivity index (χ4n) is 5.26. The highest BCUT2D eigenvalue weighted by atomic mass is 35.5. The van der Waals surface area contributed by atoms with Crippen LogP contribution in [0.5, 0.6) is 0 Å². The summed E-state index contributed by atoms with van der Waals surface area (Å²) in [7, 11) is 0. The Hall–Kier alpha value is -3.67. The number of allylic oxidation sites excluding steroid dienone is 1. The number of carbonyl (C=O) groups is 1. The molecule has 0 N–H and O–H groups in total. The molecular weight excluding hydrogens is 507 g/mol. The molecule has 3 aromatic carbocycles. The summed E-state index contributed by atoms with van der Waals surface area (Å²) < 4.78 is 5.47. The van der Waals surface area contributed by atoms with E-state index < -0.39 is 11.5 Å². The summed E-state index contributed by atoms with van der Waals surface area (Å²) >= 11 is 12.2. The van der Waals surface area contributed by atoms with Crippen molar-refractivity contribution in [3.63, 3.8) is 0 Å². The second kappa shape index (κ2) is 9.66. The molecule has 0 bridgehead atoms. The van der Waals surface area contributed by atoms with Gasteiger partial charge in [0.25, 0.3) is 5.91 Å². The van der Waals surface area contributed by atoms with Crippen LogP contribution in [0.1, 0.15) is 46.8 Å². The molecule has 0 saturated heterocycles. The highest BCUT2D eigenvalue weighted by Crippen LogP contribution is 2.45. The van der Waals surface area contributed by atoms with Crippen molar-refractivity contribution in [3.8, 4) is 0 Å². The molecule has 1 aromatic heterocycles. The predicted octanol–water partition coefficient (Wildman–Crippen LogP) is 7.54. The number of benzene rings is 3. The summed E-state index contributed by atoms with van der Waals surface area (Å²) in [6, 6.07) is 23.5. The van der Waals surface area contributed by atoms with E-state index in [0.29, 0.717) is 21.0 Å². The lowest BCUT2D eigenvalue weighted by Crippen LogP contribution is -2.34. The molecule has 2 heterocycles. The summed E-state index contributed by atoms with van der Waals surface area (Å²) in [5.41, 5.74) is 3.62. The number of nitrogens with zero attached hydrogens (tertiary/aromatic N) is 2. The van der Waals surface area contributed by atoms with Gasteiger partial charge in [0.05, 0.1) is 11.8 Å². The number of carbonyl (C=O) groups excluding carboxylic acids is 1. The Morgan fingerprint density at radius 3 is 2.43 bits per heavy atom. The second-order valence-corrected chi connectivity index (χ2v) is 10.2. The third-order valence-electron chi connectivity index (χ3n) is 7.00. The van der Waals surface area contributed by atoms with E-state index in [-0.39, 0.29) is 17.5 Å². The molecule has 7 heteroatoms. The van der Waals surface area contributed by atoms with Crippen molar-refractivity contribution >= 4 is 51.9 Å². The summed E-state index contributed by atoms with van der Waals surface area (Å²) in [5.74, 6) is -0.489. The van der Waals surface area contributed by atoms with Crippen LogP contribution < -0.4 is 5.63 Å². The van der Waals surface area contributed by atoms with Gasteiger partial charge in [-0.25, -0.2) is 9.80 Å². The van der Waals surface area contributed by atoms with Gasteiger partial charge in [0.15, 0.2) is 0 Å². The highest BCUT2D eigenvalue weighted by molar-refractivity contribution is 6.30. The molecule has 2 atom stereocenters. The minimum absolute atomic E-state index is 0.00933. The van der Waals surface area contributed by atoms with Crippen LogP contribution in [-0.4, -0.2) is 16.6 Å². The van der Waals surface area contributed by atoms with Gasteiger partial charge in [0.2, 0.25) is 0 Å². The average molecular weight is 529 g/mol. The molecular formula is C30H22Cl2N2O3. The molecule has 2 aliphatic rings. The zero-order valence-corrected chi connectivity index (χ0v) is 21.2. The molecule has 0 spiro atoms. The van der Waals surface area contributed by atoms with Gasteiger partial charge in [-0.2, -0.15) is 5.10 Å². The van der Waals surface area contributed by atoms with Crippen LogP contribution >= 0.6 is 23.2 Å². The molecule has 1 amide bonds. The maximum absolute atomic E-state index is 13.9. The lowest BCUT2D eigenvalue weighted by molar-refractivity contribution is 0.0676. The van der Waals surface area contributed by atoms with Crippen molar-refractivity contribution in [3.05, 3.63) is 122 Å². The van der Waals surface area contributed by atoms with Gasteiger partial charge in [-0.3, -0.25) is 4.79 Å². The first-order chi connectivity index (χ1) is 18.0. The monoisotopic (exact) mass is 528 g/mol. The fraction of sp³-hybridized carbons (Fsp3) is 0.167. The highest BCUT2D eigenvalue weighted by Gasteiger charge is 2.44. The molecule has 184 valence electrons. The number of hydrazone groups is 1. The number of para-hydroxylation sites is 1. The predicted molar refractivity (Wildman–Crippen MR) is 147 cm³/mol. The smallest absolute Gasteiger partial charge is 0.349 e. The van der Waals surface area contributed by atoms with Crippen LogP contribution in [0.25, 0.3) is 17.0 Å². The Morgan fingerprint density at radius 1 is 0.973 bits per heavy atom. The van der Waals surface area contributed by atoms with E-state index in [1.807, 2.05) is 60.7 Å². The summed E-state index contributed by atoms with van der Waals surface area (Å²) in [6.45, 7) is 0. The number of rotatable bonds is 3. The molecule has 1 saturated carbocycles. The number of hydrogen-bond acceptors (Lipinski definition) is 4. The van der Waals surface area contributed by atoms with Gasteiger partial charge >= 0.3 is 5.63 Å². The second-order valence-electron chi connectivity index (χ2n) is 9.34. The van der Waals surface area contributed by atoms with Crippen LogP contribution in [0, 0.1) is 5.92 Å². The minimum Gasteiger partial charge on any atom is -0.422 e. The third-order valence-corrected chi connectivity index (χ3v) is 7.51. The van der Waals surface area contributed by atoms with Crippen LogP contribution in [0.4, 0.5) is 0 Å². The molecule has 1 fully saturated rings. The van der Waals surface area contributed by atoms with Crippen LogP contribution in [0.3, 0.4) is 0 Å². The number of amides is 1. The first-order valence-electron chi connectivity index (χ1n) is 12.1. The van der Waals surface area contributed by atoms with Gasteiger partial charge in [-0.1, -0.05) is 65.7 Å². The molecule has 0 radical (unpaired) electrons. The van der Waals surface area contributed by atoms with Gasteiger partial charge in [0.1, 0.15) is 11.1 Å². The molecule has 37 heavy (non-hydrogen) atoms. The zero-order chi connectivity index (χ0) is 25.5. The molecule has 4 aromatic rings. The van der Waals surface area contributed by atoms with E-state index >= 15 is 0 Å². The molecule has 1 aliphatic heterocycles. The Morgan fingerprint density at radius 2 is 1.68 bits per heavy atom. The van der Waals surface area contributed by atoms with E-state index in [1.165, 1.54) is 5.01 Å². The quantitative estimate of drug-likeness (QED) is 0.258. The Kier molecular flexibility index (Phi) is 6.19. The van der Waals surface area contributed by atoms with Crippen molar-refractivity contribution in [1.29, 1.82) is 0 Å². The zero-order valence-electron chi connectivity index (χ0n) is 19.7. The summed E-state index contributed by atoms with van der Waals surface area (Å²) in [6.07, 6.45) is 4.80. The van der Waals surface area contributed by atoms with Crippen molar-refractivity contribution in [1.82, 2.24) is 5.01 Å². The van der Waals surface area contributed by atoms with Gasteiger partial charge in [-0.15, -0.1) is 0 Å². The van der Waals surface area contributed by atoms with Crippen molar-refractivity contribution < 1.29 is 9.21 Å². The third kappa shape index (κ3) is 4.50. The Labute approximate surface area is 223 Å². The maximum atomic E-state index is 13.9. The number of halogens is 2. The van der Waals surface area contributed by atoms with Crippen LogP contribution in [0.15, 0.2) is 98.7 Å². The maximum Gasteiger partial charge on any atom is 0.349 e. The summed E-state index contributed by atoms with van der Waals surface area (Å²) in [4.78, 5) is 26.8. The van der Waals surface area contributed by atoms with E-state index in [1.54, 1.807) is 18.2 Å². The number of fused-ring (bicyclic) bond motifs is 2. The normalized spacial score (nSPS) is 20.2. The van der Waals surface area contributed by atoms with Gasteiger partial charge in [-0.05, 0) is 78.4 Å².